The number of ether oxygens (including phenoxy) is 4. The van der Waals surface area contributed by atoms with Gasteiger partial charge in [-0.2, -0.15) is 17.6 Å². The lowest BCUT2D eigenvalue weighted by Gasteiger charge is -2.30. The highest BCUT2D eigenvalue weighted by Gasteiger charge is 2.47. The Morgan fingerprint density at radius 2 is 1.05 bits per heavy atom. The maximum absolute atomic E-state index is 15.3. The molecule has 0 saturated carbocycles. The number of carbonyl (C=O) groups is 2. The van der Waals surface area contributed by atoms with Crippen LogP contribution in [0.4, 0.5) is 17.6 Å². The predicted octanol–water partition coefficient (Wildman–Crippen LogP) is 10.5. The number of carbonyl (C=O) groups excluding carboxylic acids is 1. The summed E-state index contributed by atoms with van der Waals surface area (Å²) in [5.74, 6) is -12.4. The van der Waals surface area contributed by atoms with E-state index in [0.717, 1.165) is 95.6 Å². The molecule has 16 nitrogen and oxygen atoms in total. The van der Waals surface area contributed by atoms with Crippen molar-refractivity contribution in [1.82, 2.24) is 15.1 Å². The number of nitrogens with zero attached hydrogens (tertiary/aromatic N) is 2. The molecular weight excluding hydrogens is 1140 g/mol. The van der Waals surface area contributed by atoms with Crippen molar-refractivity contribution in [2.45, 2.75) is 99.7 Å². The van der Waals surface area contributed by atoms with Crippen LogP contribution in [0, 0.1) is 0 Å². The molecule has 6 aromatic rings. The van der Waals surface area contributed by atoms with E-state index in [1.165, 1.54) is 49.2 Å². The lowest BCUT2D eigenvalue weighted by atomic mass is 10.0. The molecule has 24 heteroatoms. The van der Waals surface area contributed by atoms with E-state index < -0.39 is 53.5 Å². The second-order valence-electron chi connectivity index (χ2n) is 19.9. The van der Waals surface area contributed by atoms with Gasteiger partial charge in [-0.25, -0.2) is 4.79 Å². The number of furan rings is 2. The Morgan fingerprint density at radius 1 is 0.625 bits per heavy atom. The lowest BCUT2D eigenvalue weighted by molar-refractivity contribution is -0.168. The molecule has 80 heavy (non-hydrogen) atoms. The molecule has 436 valence electrons. The SMILES string of the molecule is N[C@H](CN1CCCC1)C(O)c1ccc(OC2CCOCC2)c(Cl)c1.O.O=C(N[C@H](CN1CCCC1)[C@H](O)c1ccc(OC2CCOCC2)c(Cl)c1)C(F)(F)c1cc2cc(Cl)ccc2o1.O=C(O)C(F)(F)c1cc2cc(Cl)ccc2o1. The number of halogens is 8. The van der Waals surface area contributed by atoms with E-state index in [1.54, 1.807) is 24.3 Å². The van der Waals surface area contributed by atoms with Crippen LogP contribution in [0.15, 0.2) is 93.8 Å². The summed E-state index contributed by atoms with van der Waals surface area (Å²) in [7, 11) is 0. The van der Waals surface area contributed by atoms with E-state index in [2.05, 4.69) is 10.2 Å². The van der Waals surface area contributed by atoms with E-state index >= 15 is 8.78 Å². The van der Waals surface area contributed by atoms with Gasteiger partial charge in [0.1, 0.15) is 41.0 Å². The van der Waals surface area contributed by atoms with Crippen molar-refractivity contribution in [1.29, 1.82) is 0 Å². The molecule has 4 fully saturated rings. The molecule has 4 aromatic carbocycles. The highest BCUT2D eigenvalue weighted by Crippen LogP contribution is 2.38. The summed E-state index contributed by atoms with van der Waals surface area (Å²) in [6.07, 6.45) is 5.69. The average Bonchev–Trinajstić information content (AvgIpc) is 4.33. The standard InChI is InChI=1S/C28H30Cl2F2N2O5.C18H27ClN2O3.C10H5ClF2O3.H2O/c29-19-4-6-23-18(13-19)15-25(39-23)28(31,32)27(36)33-22(16-34-9-1-2-10-34)26(35)17-3-5-24(21(30)14-17)38-20-7-11-37-12-8-20;19-15-11-13(18(22)16(20)12-21-7-1-2-8-21)3-4-17(15)24-14-5-9-23-10-6-14;11-6-1-2-7-5(3-6)4-8(16-7)10(12,13)9(14)15;/h3-6,13-15,20,22,26,35H,1-2,7-12,16H2,(H,33,36);3-4,11,14,16,18,22H,1-2,5-10,12,20H2;1-4H,(H,14,15);1H2/t22-,26-;16-,18?;;/m11../s1. The van der Waals surface area contributed by atoms with Crippen molar-refractivity contribution in [3.63, 3.8) is 0 Å². The van der Waals surface area contributed by atoms with Crippen molar-refractivity contribution < 1.29 is 75.7 Å². The first-order chi connectivity index (χ1) is 37.7. The summed E-state index contributed by atoms with van der Waals surface area (Å²) in [4.78, 5) is 27.6. The Kier molecular flexibility index (Phi) is 22.2. The third-order valence-electron chi connectivity index (χ3n) is 14.1. The Hall–Kier alpha value is -4.94. The van der Waals surface area contributed by atoms with Gasteiger partial charge in [-0.3, -0.25) is 4.79 Å². The van der Waals surface area contributed by atoms with Crippen molar-refractivity contribution in [3.8, 4) is 11.5 Å². The van der Waals surface area contributed by atoms with Gasteiger partial charge in [-0.05, 0) is 136 Å². The Labute approximate surface area is 479 Å². The molecule has 1 unspecified atom stereocenters. The fourth-order valence-electron chi connectivity index (χ4n) is 9.66. The topological polar surface area (TPSA) is 234 Å². The second kappa shape index (κ2) is 28.4. The molecule has 8 N–H and O–H groups in total. The Morgan fingerprint density at radius 3 is 1.49 bits per heavy atom. The van der Waals surface area contributed by atoms with Gasteiger partial charge >= 0.3 is 17.8 Å². The quantitative estimate of drug-likeness (QED) is 0.0535. The van der Waals surface area contributed by atoms with Crippen LogP contribution < -0.4 is 20.5 Å². The van der Waals surface area contributed by atoms with Crippen LogP contribution in [-0.4, -0.2) is 132 Å². The Bertz CT molecular complexity index is 3000. The number of alkyl halides is 4. The molecule has 0 spiro atoms. The number of carboxylic acids is 1. The highest BCUT2D eigenvalue weighted by atomic mass is 35.5. The van der Waals surface area contributed by atoms with E-state index in [4.69, 9.17) is 85.0 Å². The second-order valence-corrected chi connectivity index (χ2v) is 21.6. The molecule has 2 aromatic heterocycles. The smallest absolute Gasteiger partial charge is 0.399 e. The maximum atomic E-state index is 15.3. The first-order valence-corrected chi connectivity index (χ1v) is 27.6. The van der Waals surface area contributed by atoms with Gasteiger partial charge in [0, 0.05) is 65.6 Å². The lowest BCUT2D eigenvalue weighted by Crippen LogP contribution is -2.50. The first kappa shape index (κ1) is 62.7. The molecule has 0 aliphatic carbocycles. The fourth-order valence-corrected chi connectivity index (χ4v) is 10.5. The number of fused-ring (bicyclic) bond motifs is 2. The number of benzene rings is 4. The fraction of sp³-hybridized carbons (Fsp3) is 0.464. The van der Waals surface area contributed by atoms with Crippen LogP contribution in [0.25, 0.3) is 21.9 Å². The number of likely N-dealkylation sites (tertiary alicyclic amines) is 2. The molecule has 4 saturated heterocycles. The van der Waals surface area contributed by atoms with E-state index in [-0.39, 0.29) is 46.5 Å². The minimum Gasteiger partial charge on any atom is -0.489 e. The number of hydrogen-bond donors (Lipinski definition) is 5. The number of amides is 1. The first-order valence-electron chi connectivity index (χ1n) is 26.1. The van der Waals surface area contributed by atoms with Gasteiger partial charge in [0.15, 0.2) is 11.5 Å². The van der Waals surface area contributed by atoms with Gasteiger partial charge < -0.3 is 69.4 Å². The minimum atomic E-state index is -4.04. The van der Waals surface area contributed by atoms with Crippen molar-refractivity contribution in [2.75, 3.05) is 65.7 Å². The van der Waals surface area contributed by atoms with Crippen molar-refractivity contribution >= 4 is 80.2 Å². The van der Waals surface area contributed by atoms with Gasteiger partial charge in [0.25, 0.3) is 5.91 Å². The molecule has 6 heterocycles. The third-order valence-corrected chi connectivity index (χ3v) is 15.1. The van der Waals surface area contributed by atoms with Crippen LogP contribution in [0.1, 0.15) is 86.2 Å². The number of nitrogens with two attached hydrogens (primary N) is 1. The van der Waals surface area contributed by atoms with Crippen LogP contribution in [-0.2, 0) is 30.9 Å². The predicted molar refractivity (Wildman–Crippen MR) is 295 cm³/mol. The normalized spacial score (nSPS) is 18.3. The van der Waals surface area contributed by atoms with Gasteiger partial charge in [0.05, 0.1) is 48.6 Å². The zero-order valence-electron chi connectivity index (χ0n) is 43.4. The summed E-state index contributed by atoms with van der Waals surface area (Å²) in [5, 5.41) is 34.7. The molecule has 4 atom stereocenters. The van der Waals surface area contributed by atoms with Crippen molar-refractivity contribution in [2.24, 2.45) is 5.73 Å². The molecule has 0 bridgehead atoms. The van der Waals surface area contributed by atoms with Crippen LogP contribution in [0.5, 0.6) is 11.5 Å². The zero-order valence-corrected chi connectivity index (χ0v) is 46.4. The monoisotopic (exact) mass is 1200 g/mol. The molecule has 4 aliphatic heterocycles. The number of aliphatic hydroxyl groups excluding tert-OH is 2. The van der Waals surface area contributed by atoms with E-state index in [0.29, 0.717) is 62.7 Å². The zero-order chi connectivity index (χ0) is 56.4. The van der Waals surface area contributed by atoms with Gasteiger partial charge in [-0.15, -0.1) is 0 Å². The van der Waals surface area contributed by atoms with E-state index in [9.17, 15) is 28.6 Å². The number of rotatable bonds is 17. The third kappa shape index (κ3) is 16.2. The molecule has 0 radical (unpaired) electrons. The summed E-state index contributed by atoms with van der Waals surface area (Å²) < 4.78 is 89.4. The van der Waals surface area contributed by atoms with Crippen LogP contribution >= 0.6 is 46.4 Å². The number of nitrogens with one attached hydrogen (secondary N) is 1. The average molecular weight is 1200 g/mol. The summed E-state index contributed by atoms with van der Waals surface area (Å²) in [6, 6.07) is 19.8. The van der Waals surface area contributed by atoms with Crippen LogP contribution in [0.3, 0.4) is 0 Å². The minimum absolute atomic E-state index is 0. The molecule has 1 amide bonds. The van der Waals surface area contributed by atoms with E-state index in [1.807, 2.05) is 17.0 Å². The number of carboxylic acid groups (broad SMARTS) is 1. The molecule has 4 aliphatic rings. The summed E-state index contributed by atoms with van der Waals surface area (Å²) in [6.45, 7) is 7.21. The van der Waals surface area contributed by atoms with Gasteiger partial charge in [0.2, 0.25) is 0 Å². The largest absolute Gasteiger partial charge is 0.489 e. The summed E-state index contributed by atoms with van der Waals surface area (Å²) >= 11 is 24.4. The van der Waals surface area contributed by atoms with Crippen molar-refractivity contribution in [3.05, 3.63) is 128 Å². The number of aliphatic hydroxyl groups is 2. The molecular formula is C56H64Cl4F4N4O12. The van der Waals surface area contributed by atoms with Crippen LogP contribution in [0.2, 0.25) is 20.1 Å². The molecule has 10 rings (SSSR count). The highest BCUT2D eigenvalue weighted by molar-refractivity contribution is 6.32. The Balaban J connectivity index is 0.000000191. The number of aliphatic carboxylic acids is 1. The summed E-state index contributed by atoms with van der Waals surface area (Å²) in [5.41, 5.74) is 7.66. The maximum Gasteiger partial charge on any atom is 0.399 e. The van der Waals surface area contributed by atoms with Gasteiger partial charge in [-0.1, -0.05) is 58.5 Å². The number of hydrogen-bond acceptors (Lipinski definition) is 13.